The largest absolute Gasteiger partial charge is 0.456 e. The quantitative estimate of drug-likeness (QED) is 0.587. The number of carbonyl (C=O) groups excluding carboxylic acids is 3. The minimum atomic E-state index is -0.536. The van der Waals surface area contributed by atoms with E-state index in [0.29, 0.717) is 0 Å². The number of hydrogen-bond donors (Lipinski definition) is 2. The highest BCUT2D eigenvalue weighted by Crippen LogP contribution is 2.00. The Balaban J connectivity index is 2.20. The average molecular weight is 332 g/mol. The molecule has 0 fully saturated rings. The van der Waals surface area contributed by atoms with Crippen LogP contribution >= 0.6 is 0 Å². The highest BCUT2D eigenvalue weighted by Gasteiger charge is 2.15. The number of ether oxygens (including phenoxy) is 1. The normalized spacial score (nSPS) is 11.1. The second kappa shape index (κ2) is 9.50. The first-order valence-corrected chi connectivity index (χ1v) is 7.74. The molecule has 130 valence electrons. The highest BCUT2D eigenvalue weighted by atomic mass is 16.5. The molecule has 2 amide bonds. The van der Waals surface area contributed by atoms with Crippen LogP contribution < -0.4 is 10.6 Å². The van der Waals surface area contributed by atoms with Gasteiger partial charge in [0.15, 0.2) is 6.61 Å². The highest BCUT2D eigenvalue weighted by molar-refractivity contribution is 5.91. The Bertz CT molecular complexity index is 589. The smallest absolute Gasteiger partial charge is 0.308 e. The Morgan fingerprint density at radius 3 is 2.42 bits per heavy atom. The van der Waals surface area contributed by atoms with Gasteiger partial charge in [-0.15, -0.1) is 0 Å². The summed E-state index contributed by atoms with van der Waals surface area (Å²) in [5.74, 6) is -1.19. The molecule has 0 aliphatic heterocycles. The van der Waals surface area contributed by atoms with E-state index in [0.717, 1.165) is 5.56 Å². The van der Waals surface area contributed by atoms with Crippen LogP contribution in [0.15, 0.2) is 36.4 Å². The Kier molecular flexibility index (Phi) is 7.68. The first kappa shape index (κ1) is 19.4. The molecule has 1 aromatic carbocycles. The van der Waals surface area contributed by atoms with Crippen molar-refractivity contribution in [2.24, 2.45) is 0 Å². The van der Waals surface area contributed by atoms with Crippen LogP contribution in [-0.2, 0) is 19.1 Å². The fourth-order valence-electron chi connectivity index (χ4n) is 1.76. The predicted molar refractivity (Wildman–Crippen MR) is 92.0 cm³/mol. The molecule has 1 rings (SSSR count). The number of hydrogen-bond acceptors (Lipinski definition) is 4. The van der Waals surface area contributed by atoms with Crippen molar-refractivity contribution in [1.29, 1.82) is 0 Å². The third kappa shape index (κ3) is 9.40. The maximum Gasteiger partial charge on any atom is 0.308 e. The van der Waals surface area contributed by atoms with Gasteiger partial charge in [-0.25, -0.2) is 0 Å². The summed E-state index contributed by atoms with van der Waals surface area (Å²) >= 11 is 0. The molecule has 0 atom stereocenters. The average Bonchev–Trinajstić information content (AvgIpc) is 2.50. The van der Waals surface area contributed by atoms with Crippen LogP contribution in [0.3, 0.4) is 0 Å². The SMILES string of the molecule is CC(C)(C)NC(=O)COC(=O)CCNC(=O)/C=C/c1ccccc1. The number of carbonyl (C=O) groups is 3. The maximum atomic E-state index is 11.6. The molecule has 0 unspecified atom stereocenters. The van der Waals surface area contributed by atoms with Crippen molar-refractivity contribution in [2.45, 2.75) is 32.7 Å². The van der Waals surface area contributed by atoms with Crippen molar-refractivity contribution in [1.82, 2.24) is 10.6 Å². The lowest BCUT2D eigenvalue weighted by Crippen LogP contribution is -2.42. The molecule has 6 heteroatoms. The summed E-state index contributed by atoms with van der Waals surface area (Å²) in [6.07, 6.45) is 3.09. The summed E-state index contributed by atoms with van der Waals surface area (Å²) in [5.41, 5.74) is 0.541. The lowest BCUT2D eigenvalue weighted by molar-refractivity contribution is -0.148. The zero-order valence-electron chi connectivity index (χ0n) is 14.3. The Hall–Kier alpha value is -2.63. The Morgan fingerprint density at radius 1 is 1.12 bits per heavy atom. The molecule has 0 spiro atoms. The van der Waals surface area contributed by atoms with Crippen molar-refractivity contribution >= 4 is 23.9 Å². The first-order valence-electron chi connectivity index (χ1n) is 7.74. The van der Waals surface area contributed by atoms with Crippen molar-refractivity contribution in [3.05, 3.63) is 42.0 Å². The second-order valence-electron chi connectivity index (χ2n) is 6.24. The number of amides is 2. The van der Waals surface area contributed by atoms with Gasteiger partial charge in [0.1, 0.15) is 0 Å². The molecule has 2 N–H and O–H groups in total. The van der Waals surface area contributed by atoms with Gasteiger partial charge in [-0.05, 0) is 32.4 Å². The van der Waals surface area contributed by atoms with Gasteiger partial charge >= 0.3 is 5.97 Å². The van der Waals surface area contributed by atoms with Crippen LogP contribution in [0, 0.1) is 0 Å². The topological polar surface area (TPSA) is 84.5 Å². The summed E-state index contributed by atoms with van der Waals surface area (Å²) in [6.45, 7) is 5.34. The molecule has 1 aromatic rings. The number of rotatable bonds is 7. The van der Waals surface area contributed by atoms with Crippen molar-refractivity contribution in [3.8, 4) is 0 Å². The molecule has 0 aliphatic rings. The summed E-state index contributed by atoms with van der Waals surface area (Å²) in [5, 5.41) is 5.27. The molecule has 0 bridgehead atoms. The van der Waals surface area contributed by atoms with E-state index in [1.807, 2.05) is 51.1 Å². The molecule has 24 heavy (non-hydrogen) atoms. The number of benzene rings is 1. The van der Waals surface area contributed by atoms with Gasteiger partial charge in [0, 0.05) is 18.2 Å². The predicted octanol–water partition coefficient (Wildman–Crippen LogP) is 1.66. The Labute approximate surface area is 142 Å². The van der Waals surface area contributed by atoms with E-state index < -0.39 is 5.97 Å². The molecule has 6 nitrogen and oxygen atoms in total. The second-order valence-corrected chi connectivity index (χ2v) is 6.24. The van der Waals surface area contributed by atoms with Gasteiger partial charge in [-0.3, -0.25) is 14.4 Å². The van der Waals surface area contributed by atoms with Gasteiger partial charge < -0.3 is 15.4 Å². The monoisotopic (exact) mass is 332 g/mol. The van der Waals surface area contributed by atoms with Crippen LogP contribution in [0.1, 0.15) is 32.8 Å². The van der Waals surface area contributed by atoms with Gasteiger partial charge in [-0.2, -0.15) is 0 Å². The van der Waals surface area contributed by atoms with Crippen LogP contribution in [0.25, 0.3) is 6.08 Å². The van der Waals surface area contributed by atoms with Gasteiger partial charge in [-0.1, -0.05) is 30.3 Å². The third-order valence-electron chi connectivity index (χ3n) is 2.73. The molecule has 0 radical (unpaired) electrons. The fraction of sp³-hybridized carbons (Fsp3) is 0.389. The van der Waals surface area contributed by atoms with E-state index in [4.69, 9.17) is 4.74 Å². The van der Waals surface area contributed by atoms with E-state index in [2.05, 4.69) is 10.6 Å². The van der Waals surface area contributed by atoms with Crippen LogP contribution in [0.5, 0.6) is 0 Å². The molecular formula is C18H24N2O4. The Morgan fingerprint density at radius 2 is 1.79 bits per heavy atom. The third-order valence-corrected chi connectivity index (χ3v) is 2.73. The lowest BCUT2D eigenvalue weighted by Gasteiger charge is -2.20. The first-order chi connectivity index (χ1) is 11.3. The van der Waals surface area contributed by atoms with Gasteiger partial charge in [0.25, 0.3) is 5.91 Å². The van der Waals surface area contributed by atoms with E-state index in [1.54, 1.807) is 6.08 Å². The summed E-state index contributed by atoms with van der Waals surface area (Å²) in [7, 11) is 0. The minimum absolute atomic E-state index is 0.00765. The maximum absolute atomic E-state index is 11.6. The molecule has 0 heterocycles. The zero-order valence-corrected chi connectivity index (χ0v) is 14.3. The number of esters is 1. The van der Waals surface area contributed by atoms with Crippen molar-refractivity contribution in [2.75, 3.05) is 13.2 Å². The molecule has 0 saturated heterocycles. The van der Waals surface area contributed by atoms with Gasteiger partial charge in [0.2, 0.25) is 5.91 Å². The summed E-state index contributed by atoms with van der Waals surface area (Å²) in [6, 6.07) is 9.41. The zero-order chi connectivity index (χ0) is 18.0. The summed E-state index contributed by atoms with van der Waals surface area (Å²) < 4.78 is 4.84. The van der Waals surface area contributed by atoms with E-state index >= 15 is 0 Å². The van der Waals surface area contributed by atoms with Gasteiger partial charge in [0.05, 0.1) is 6.42 Å². The summed E-state index contributed by atoms with van der Waals surface area (Å²) in [4.78, 5) is 34.6. The van der Waals surface area contributed by atoms with E-state index in [1.165, 1.54) is 6.08 Å². The molecule has 0 saturated carbocycles. The molecule has 0 aromatic heterocycles. The molecular weight excluding hydrogens is 308 g/mol. The van der Waals surface area contributed by atoms with Crippen molar-refractivity contribution < 1.29 is 19.1 Å². The number of nitrogens with one attached hydrogen (secondary N) is 2. The van der Waals surface area contributed by atoms with Crippen LogP contribution in [0.2, 0.25) is 0 Å². The lowest BCUT2D eigenvalue weighted by atomic mass is 10.1. The van der Waals surface area contributed by atoms with E-state index in [-0.39, 0.29) is 36.9 Å². The van der Waals surface area contributed by atoms with Crippen LogP contribution in [-0.4, -0.2) is 36.5 Å². The minimum Gasteiger partial charge on any atom is -0.456 e. The fourth-order valence-corrected chi connectivity index (χ4v) is 1.76. The van der Waals surface area contributed by atoms with Crippen molar-refractivity contribution in [3.63, 3.8) is 0 Å². The molecule has 0 aliphatic carbocycles. The van der Waals surface area contributed by atoms with E-state index in [9.17, 15) is 14.4 Å². The standard InChI is InChI=1S/C18H24N2O4/c1-18(2,3)20-16(22)13-24-17(23)11-12-19-15(21)10-9-14-7-5-4-6-8-14/h4-10H,11-13H2,1-3H3,(H,19,21)(H,20,22)/b10-9+. The van der Waals surface area contributed by atoms with Crippen LogP contribution in [0.4, 0.5) is 0 Å².